The third kappa shape index (κ3) is 2.99. The number of nitrogens with one attached hydrogen (secondary N) is 1. The minimum Gasteiger partial charge on any atom is -0.467 e. The van der Waals surface area contributed by atoms with Crippen LogP contribution in [0.15, 0.2) is 53.1 Å². The lowest BCUT2D eigenvalue weighted by atomic mass is 10.0. The Morgan fingerprint density at radius 3 is 2.62 bits per heavy atom. The average molecular weight is 286 g/mol. The molecule has 3 atom stereocenters. The monoisotopic (exact) mass is 286 g/mol. The van der Waals surface area contributed by atoms with Crippen molar-refractivity contribution in [3.63, 3.8) is 0 Å². The molecule has 110 valence electrons. The van der Waals surface area contributed by atoms with E-state index in [-0.39, 0.29) is 23.9 Å². The van der Waals surface area contributed by atoms with E-state index in [9.17, 15) is 4.79 Å². The highest BCUT2D eigenvalue weighted by molar-refractivity contribution is 5.80. The molecule has 5 heteroatoms. The van der Waals surface area contributed by atoms with E-state index in [1.54, 1.807) is 6.26 Å². The van der Waals surface area contributed by atoms with Crippen molar-refractivity contribution in [2.45, 2.75) is 12.1 Å². The van der Waals surface area contributed by atoms with Gasteiger partial charge in [-0.25, -0.2) is 0 Å². The highest BCUT2D eigenvalue weighted by Crippen LogP contribution is 2.23. The molecule has 2 heterocycles. The van der Waals surface area contributed by atoms with Gasteiger partial charge in [0, 0.05) is 6.04 Å². The van der Waals surface area contributed by atoms with Crippen molar-refractivity contribution >= 4 is 5.91 Å². The van der Waals surface area contributed by atoms with Crippen molar-refractivity contribution in [2.24, 2.45) is 11.7 Å². The van der Waals surface area contributed by atoms with Crippen molar-refractivity contribution in [1.29, 1.82) is 0 Å². The molecule has 1 fully saturated rings. The number of ether oxygens (including phenoxy) is 1. The summed E-state index contributed by atoms with van der Waals surface area (Å²) in [4.78, 5) is 12.4. The highest BCUT2D eigenvalue weighted by atomic mass is 16.5. The van der Waals surface area contributed by atoms with Gasteiger partial charge in [-0.05, 0) is 17.7 Å². The molecule has 0 radical (unpaired) electrons. The molecule has 0 spiro atoms. The molecule has 2 aromatic rings. The molecule has 0 aliphatic carbocycles. The number of rotatable bonds is 4. The predicted octanol–water partition coefficient (Wildman–Crippen LogP) is 1.46. The summed E-state index contributed by atoms with van der Waals surface area (Å²) in [6.07, 6.45) is 1.60. The Kier molecular flexibility index (Phi) is 4.03. The fourth-order valence-electron chi connectivity index (χ4n) is 2.51. The van der Waals surface area contributed by atoms with Gasteiger partial charge in [0.05, 0.1) is 25.4 Å². The third-order valence-electron chi connectivity index (χ3n) is 3.71. The summed E-state index contributed by atoms with van der Waals surface area (Å²) < 4.78 is 10.7. The first kappa shape index (κ1) is 13.9. The molecular weight excluding hydrogens is 268 g/mol. The molecule has 1 aliphatic rings. The molecule has 1 aliphatic heterocycles. The molecule has 1 amide bonds. The maximum Gasteiger partial charge on any atom is 0.227 e. The van der Waals surface area contributed by atoms with Gasteiger partial charge in [0.25, 0.3) is 0 Å². The van der Waals surface area contributed by atoms with Gasteiger partial charge in [-0.1, -0.05) is 30.3 Å². The molecule has 1 saturated heterocycles. The maximum atomic E-state index is 12.4. The summed E-state index contributed by atoms with van der Waals surface area (Å²) in [6, 6.07) is 12.8. The Hall–Kier alpha value is -2.11. The summed E-state index contributed by atoms with van der Waals surface area (Å²) in [6.45, 7) is 0.793. The number of nitrogens with two attached hydrogens (primary N) is 1. The normalized spacial score (nSPS) is 22.9. The zero-order valence-electron chi connectivity index (χ0n) is 11.6. The Bertz CT molecular complexity index is 583. The van der Waals surface area contributed by atoms with Crippen LogP contribution in [0.1, 0.15) is 17.4 Å². The quantitative estimate of drug-likeness (QED) is 0.892. The number of furan rings is 1. The van der Waals surface area contributed by atoms with Gasteiger partial charge in [-0.15, -0.1) is 0 Å². The molecule has 0 bridgehead atoms. The van der Waals surface area contributed by atoms with Crippen LogP contribution < -0.4 is 11.1 Å². The number of carbonyl (C=O) groups excluding carboxylic acids is 1. The number of carbonyl (C=O) groups is 1. The first-order chi connectivity index (χ1) is 10.3. The van der Waals surface area contributed by atoms with Gasteiger partial charge in [-0.2, -0.15) is 0 Å². The predicted molar refractivity (Wildman–Crippen MR) is 77.4 cm³/mol. The lowest BCUT2D eigenvalue weighted by Crippen LogP contribution is -2.42. The second-order valence-corrected chi connectivity index (χ2v) is 5.18. The third-order valence-corrected chi connectivity index (χ3v) is 3.71. The van der Waals surface area contributed by atoms with Crippen LogP contribution in [0.4, 0.5) is 0 Å². The summed E-state index contributed by atoms with van der Waals surface area (Å²) >= 11 is 0. The van der Waals surface area contributed by atoms with E-state index >= 15 is 0 Å². The van der Waals surface area contributed by atoms with Crippen LogP contribution in [0, 0.1) is 5.92 Å². The average Bonchev–Trinajstić information content (AvgIpc) is 3.17. The molecule has 1 aromatic carbocycles. The first-order valence-corrected chi connectivity index (χ1v) is 6.98. The van der Waals surface area contributed by atoms with Crippen LogP contribution >= 0.6 is 0 Å². The maximum absolute atomic E-state index is 12.4. The van der Waals surface area contributed by atoms with Gasteiger partial charge in [0.15, 0.2) is 0 Å². The molecule has 3 N–H and O–H groups in total. The van der Waals surface area contributed by atoms with E-state index in [0.29, 0.717) is 19.0 Å². The lowest BCUT2D eigenvalue weighted by molar-refractivity contribution is -0.125. The zero-order chi connectivity index (χ0) is 14.7. The van der Waals surface area contributed by atoms with E-state index in [2.05, 4.69) is 5.32 Å². The molecule has 3 rings (SSSR count). The minimum absolute atomic E-state index is 0.106. The van der Waals surface area contributed by atoms with Crippen molar-refractivity contribution in [1.82, 2.24) is 5.32 Å². The Labute approximate surface area is 123 Å². The molecule has 1 aromatic heterocycles. The molecule has 5 nitrogen and oxygen atoms in total. The van der Waals surface area contributed by atoms with Crippen molar-refractivity contribution in [3.8, 4) is 0 Å². The van der Waals surface area contributed by atoms with Crippen LogP contribution in [0.2, 0.25) is 0 Å². The van der Waals surface area contributed by atoms with Gasteiger partial charge in [0.1, 0.15) is 11.8 Å². The Morgan fingerprint density at radius 1 is 1.19 bits per heavy atom. The summed E-state index contributed by atoms with van der Waals surface area (Å²) in [5, 5.41) is 3.02. The number of benzene rings is 1. The summed E-state index contributed by atoms with van der Waals surface area (Å²) in [5.41, 5.74) is 6.87. The van der Waals surface area contributed by atoms with E-state index in [1.807, 2.05) is 42.5 Å². The van der Waals surface area contributed by atoms with E-state index in [0.717, 1.165) is 5.56 Å². The molecule has 0 saturated carbocycles. The molecule has 3 unspecified atom stereocenters. The zero-order valence-corrected chi connectivity index (χ0v) is 11.6. The van der Waals surface area contributed by atoms with Crippen LogP contribution in [-0.2, 0) is 9.53 Å². The number of amides is 1. The van der Waals surface area contributed by atoms with Crippen molar-refractivity contribution in [2.75, 3.05) is 13.2 Å². The molecule has 21 heavy (non-hydrogen) atoms. The van der Waals surface area contributed by atoms with Crippen LogP contribution in [0.25, 0.3) is 0 Å². The van der Waals surface area contributed by atoms with E-state index in [1.165, 1.54) is 0 Å². The van der Waals surface area contributed by atoms with Crippen LogP contribution in [0.3, 0.4) is 0 Å². The van der Waals surface area contributed by atoms with Gasteiger partial charge in [0.2, 0.25) is 5.91 Å². The Morgan fingerprint density at radius 2 is 2.00 bits per heavy atom. The fraction of sp³-hybridized carbons (Fsp3) is 0.312. The molecular formula is C16H18N2O3. The van der Waals surface area contributed by atoms with Crippen LogP contribution in [0.5, 0.6) is 0 Å². The van der Waals surface area contributed by atoms with Crippen molar-refractivity contribution < 1.29 is 13.9 Å². The highest BCUT2D eigenvalue weighted by Gasteiger charge is 2.33. The second kappa shape index (κ2) is 6.11. The van der Waals surface area contributed by atoms with Crippen LogP contribution in [-0.4, -0.2) is 25.2 Å². The van der Waals surface area contributed by atoms with E-state index in [4.69, 9.17) is 14.9 Å². The number of hydrogen-bond acceptors (Lipinski definition) is 4. The fourth-order valence-corrected chi connectivity index (χ4v) is 2.51. The number of hydrogen-bond donors (Lipinski definition) is 2. The smallest absolute Gasteiger partial charge is 0.227 e. The Balaban J connectivity index is 1.82. The van der Waals surface area contributed by atoms with Gasteiger partial charge >= 0.3 is 0 Å². The van der Waals surface area contributed by atoms with Gasteiger partial charge < -0.3 is 20.2 Å². The van der Waals surface area contributed by atoms with Gasteiger partial charge in [-0.3, -0.25) is 4.79 Å². The summed E-state index contributed by atoms with van der Waals surface area (Å²) in [5.74, 6) is 0.276. The summed E-state index contributed by atoms with van der Waals surface area (Å²) in [7, 11) is 0. The minimum atomic E-state index is -0.318. The lowest BCUT2D eigenvalue weighted by Gasteiger charge is -2.20. The second-order valence-electron chi connectivity index (χ2n) is 5.18. The standard InChI is InChI=1S/C16H18N2O3/c17-13-10-20-9-12(13)16(19)18-15(14-7-4-8-21-14)11-5-2-1-3-6-11/h1-8,12-13,15H,9-10,17H2,(H,18,19). The van der Waals surface area contributed by atoms with E-state index < -0.39 is 0 Å². The van der Waals surface area contributed by atoms with Crippen molar-refractivity contribution in [3.05, 3.63) is 60.1 Å². The topological polar surface area (TPSA) is 77.5 Å². The largest absolute Gasteiger partial charge is 0.467 e. The SMILES string of the molecule is NC1COCC1C(=O)NC(c1ccccc1)c1ccco1. The first-order valence-electron chi connectivity index (χ1n) is 6.98.